The number of phenols is 1. The maximum atomic E-state index is 13.5. The standard InChI is InChI=1S/C25H31FN2O4/c1-24(2,3)32-23(30)27-13-10-25(11-14-27)12-15-28(20-6-4-5-7-22(20)31-25)17-18-8-9-19(26)21(29)16-18/h4-9,16,29H,10-15,17H2,1-3H3. The van der Waals surface area contributed by atoms with Crippen LogP contribution in [0.3, 0.4) is 0 Å². The fourth-order valence-corrected chi connectivity index (χ4v) is 4.36. The molecule has 2 aliphatic heterocycles. The summed E-state index contributed by atoms with van der Waals surface area (Å²) < 4.78 is 25.6. The van der Waals surface area contributed by atoms with Crippen LogP contribution in [0.15, 0.2) is 42.5 Å². The van der Waals surface area contributed by atoms with Crippen LogP contribution in [0.25, 0.3) is 0 Å². The summed E-state index contributed by atoms with van der Waals surface area (Å²) in [4.78, 5) is 16.4. The molecule has 2 aliphatic rings. The zero-order chi connectivity index (χ0) is 22.9. The van der Waals surface area contributed by atoms with Crippen molar-refractivity contribution in [3.05, 3.63) is 53.8 Å². The number of phenolic OH excluding ortho intramolecular Hbond substituents is 1. The van der Waals surface area contributed by atoms with Crippen LogP contribution in [0.4, 0.5) is 14.9 Å². The van der Waals surface area contributed by atoms with Crippen LogP contribution in [0.1, 0.15) is 45.6 Å². The first-order chi connectivity index (χ1) is 15.1. The Labute approximate surface area is 188 Å². The van der Waals surface area contributed by atoms with Gasteiger partial charge in [0.1, 0.15) is 17.0 Å². The van der Waals surface area contributed by atoms with Gasteiger partial charge in [0.05, 0.1) is 5.69 Å². The van der Waals surface area contributed by atoms with Crippen molar-refractivity contribution in [3.8, 4) is 11.5 Å². The molecule has 7 heteroatoms. The molecule has 0 saturated carbocycles. The first kappa shape index (κ1) is 22.2. The lowest BCUT2D eigenvalue weighted by molar-refractivity contribution is -0.0186. The van der Waals surface area contributed by atoms with E-state index in [1.807, 2.05) is 45.0 Å². The van der Waals surface area contributed by atoms with Gasteiger partial charge in [-0.2, -0.15) is 0 Å². The predicted octanol–water partition coefficient (Wildman–Crippen LogP) is 5.09. The van der Waals surface area contributed by atoms with Gasteiger partial charge in [0, 0.05) is 45.4 Å². The molecule has 2 heterocycles. The van der Waals surface area contributed by atoms with Crippen molar-refractivity contribution in [2.24, 2.45) is 0 Å². The van der Waals surface area contributed by atoms with E-state index >= 15 is 0 Å². The van der Waals surface area contributed by atoms with Gasteiger partial charge in [0.15, 0.2) is 11.6 Å². The molecule has 4 rings (SSSR count). The third-order valence-corrected chi connectivity index (χ3v) is 6.08. The van der Waals surface area contributed by atoms with E-state index in [9.17, 15) is 14.3 Å². The monoisotopic (exact) mass is 442 g/mol. The lowest BCUT2D eigenvalue weighted by Crippen LogP contribution is -2.51. The number of amides is 1. The van der Waals surface area contributed by atoms with Crippen molar-refractivity contribution < 1.29 is 23.8 Å². The lowest BCUT2D eigenvalue weighted by Gasteiger charge is -2.41. The molecular formula is C25H31FN2O4. The summed E-state index contributed by atoms with van der Waals surface area (Å²) in [5.41, 5.74) is 0.935. The molecule has 0 unspecified atom stereocenters. The number of halogens is 1. The normalized spacial score (nSPS) is 18.0. The number of fused-ring (bicyclic) bond motifs is 1. The minimum absolute atomic E-state index is 0.279. The van der Waals surface area contributed by atoms with Gasteiger partial charge < -0.3 is 24.4 Å². The molecule has 32 heavy (non-hydrogen) atoms. The number of hydrogen-bond acceptors (Lipinski definition) is 5. The van der Waals surface area contributed by atoms with E-state index in [0.29, 0.717) is 19.6 Å². The lowest BCUT2D eigenvalue weighted by atomic mass is 9.88. The first-order valence-corrected chi connectivity index (χ1v) is 11.1. The zero-order valence-corrected chi connectivity index (χ0v) is 18.9. The van der Waals surface area contributed by atoms with E-state index < -0.39 is 11.4 Å². The molecule has 2 aromatic carbocycles. The summed E-state index contributed by atoms with van der Waals surface area (Å²) in [7, 11) is 0. The first-order valence-electron chi connectivity index (χ1n) is 11.1. The number of nitrogens with zero attached hydrogens (tertiary/aromatic N) is 2. The average Bonchev–Trinajstić information content (AvgIpc) is 2.87. The Morgan fingerprint density at radius 1 is 1.12 bits per heavy atom. The van der Waals surface area contributed by atoms with E-state index in [-0.39, 0.29) is 17.4 Å². The Balaban J connectivity index is 1.49. The predicted molar refractivity (Wildman–Crippen MR) is 121 cm³/mol. The van der Waals surface area contributed by atoms with E-state index in [4.69, 9.17) is 9.47 Å². The molecule has 2 aromatic rings. The number of hydrogen-bond donors (Lipinski definition) is 1. The van der Waals surface area contributed by atoms with Gasteiger partial charge in [0.2, 0.25) is 0 Å². The van der Waals surface area contributed by atoms with Crippen molar-refractivity contribution in [2.45, 2.75) is 57.8 Å². The van der Waals surface area contributed by atoms with Crippen LogP contribution in [-0.2, 0) is 11.3 Å². The minimum atomic E-state index is -0.621. The highest BCUT2D eigenvalue weighted by Gasteiger charge is 2.41. The number of ether oxygens (including phenoxy) is 2. The SMILES string of the molecule is CC(C)(C)OC(=O)N1CCC2(CC1)CCN(Cc1ccc(F)c(O)c1)c1ccccc1O2. The second-order valence-corrected chi connectivity index (χ2v) is 9.68. The summed E-state index contributed by atoms with van der Waals surface area (Å²) in [6, 6.07) is 12.4. The van der Waals surface area contributed by atoms with Crippen LogP contribution >= 0.6 is 0 Å². The Kier molecular flexibility index (Phi) is 5.93. The van der Waals surface area contributed by atoms with Gasteiger partial charge in [-0.15, -0.1) is 0 Å². The highest BCUT2D eigenvalue weighted by Crippen LogP contribution is 2.41. The van der Waals surface area contributed by atoms with E-state index in [1.165, 1.54) is 12.1 Å². The number of para-hydroxylation sites is 2. The highest BCUT2D eigenvalue weighted by molar-refractivity contribution is 5.68. The van der Waals surface area contributed by atoms with Crippen molar-refractivity contribution in [1.29, 1.82) is 0 Å². The molecule has 1 amide bonds. The Hall–Kier alpha value is -2.96. The van der Waals surface area contributed by atoms with Gasteiger partial charge in [0.25, 0.3) is 0 Å². The summed E-state index contributed by atoms with van der Waals surface area (Å²) in [5.74, 6) is -0.154. The van der Waals surface area contributed by atoms with Crippen LogP contribution in [0.2, 0.25) is 0 Å². The van der Waals surface area contributed by atoms with E-state index in [0.717, 1.165) is 42.8 Å². The van der Waals surface area contributed by atoms with Crippen molar-refractivity contribution in [1.82, 2.24) is 4.90 Å². The fourth-order valence-electron chi connectivity index (χ4n) is 4.36. The molecule has 172 valence electrons. The number of anilines is 1. The van der Waals surface area contributed by atoms with E-state index in [1.54, 1.807) is 11.0 Å². The molecule has 1 saturated heterocycles. The van der Waals surface area contributed by atoms with Crippen LogP contribution in [0.5, 0.6) is 11.5 Å². The molecule has 1 N–H and O–H groups in total. The summed E-state index contributed by atoms with van der Waals surface area (Å²) in [6.45, 7) is 8.08. The van der Waals surface area contributed by atoms with Gasteiger partial charge in [-0.05, 0) is 50.6 Å². The Morgan fingerprint density at radius 3 is 2.50 bits per heavy atom. The van der Waals surface area contributed by atoms with Gasteiger partial charge >= 0.3 is 6.09 Å². The highest BCUT2D eigenvalue weighted by atomic mass is 19.1. The number of benzene rings is 2. The van der Waals surface area contributed by atoms with Crippen LogP contribution in [0, 0.1) is 5.82 Å². The fraction of sp³-hybridized carbons (Fsp3) is 0.480. The minimum Gasteiger partial charge on any atom is -0.505 e. The average molecular weight is 443 g/mol. The molecule has 0 aromatic heterocycles. The molecule has 0 radical (unpaired) electrons. The maximum absolute atomic E-state index is 13.5. The summed E-state index contributed by atoms with van der Waals surface area (Å²) >= 11 is 0. The van der Waals surface area contributed by atoms with Gasteiger partial charge in [-0.25, -0.2) is 9.18 Å². The number of carbonyl (C=O) groups is 1. The van der Waals surface area contributed by atoms with E-state index in [2.05, 4.69) is 4.90 Å². The second-order valence-electron chi connectivity index (χ2n) is 9.68. The Morgan fingerprint density at radius 2 is 1.81 bits per heavy atom. The molecule has 6 nitrogen and oxygen atoms in total. The molecule has 1 fully saturated rings. The number of aromatic hydroxyl groups is 1. The zero-order valence-electron chi connectivity index (χ0n) is 18.9. The number of carbonyl (C=O) groups excluding carboxylic acids is 1. The molecule has 0 bridgehead atoms. The van der Waals surface area contributed by atoms with Crippen LogP contribution < -0.4 is 9.64 Å². The number of piperidine rings is 1. The Bertz CT molecular complexity index is 980. The van der Waals surface area contributed by atoms with Crippen LogP contribution in [-0.4, -0.2) is 46.9 Å². The summed E-state index contributed by atoms with van der Waals surface area (Å²) in [5, 5.41) is 9.76. The smallest absolute Gasteiger partial charge is 0.410 e. The number of rotatable bonds is 2. The van der Waals surface area contributed by atoms with Crippen molar-refractivity contribution in [3.63, 3.8) is 0 Å². The summed E-state index contributed by atoms with van der Waals surface area (Å²) in [6.07, 6.45) is 1.98. The van der Waals surface area contributed by atoms with Gasteiger partial charge in [-0.3, -0.25) is 0 Å². The molecule has 0 aliphatic carbocycles. The quantitative estimate of drug-likeness (QED) is 0.702. The third kappa shape index (κ3) is 4.92. The molecule has 1 spiro atoms. The number of likely N-dealkylation sites (tertiary alicyclic amines) is 1. The van der Waals surface area contributed by atoms with Gasteiger partial charge in [-0.1, -0.05) is 18.2 Å². The van der Waals surface area contributed by atoms with Crippen molar-refractivity contribution in [2.75, 3.05) is 24.5 Å². The topological polar surface area (TPSA) is 62.2 Å². The molecule has 0 atom stereocenters. The maximum Gasteiger partial charge on any atom is 0.410 e. The largest absolute Gasteiger partial charge is 0.505 e. The second kappa shape index (κ2) is 8.52. The van der Waals surface area contributed by atoms with Crippen molar-refractivity contribution >= 4 is 11.8 Å². The third-order valence-electron chi connectivity index (χ3n) is 6.08. The molecular weight excluding hydrogens is 411 g/mol.